The van der Waals surface area contributed by atoms with E-state index >= 15 is 0 Å². The summed E-state index contributed by atoms with van der Waals surface area (Å²) in [5.74, 6) is -0.297. The van der Waals surface area contributed by atoms with Crippen LogP contribution in [0.15, 0.2) is 30.4 Å². The average Bonchev–Trinajstić information content (AvgIpc) is 2.41. The van der Waals surface area contributed by atoms with Gasteiger partial charge in [-0.3, -0.25) is 0 Å². The van der Waals surface area contributed by atoms with Crippen molar-refractivity contribution in [1.29, 1.82) is 0 Å². The van der Waals surface area contributed by atoms with Crippen molar-refractivity contribution in [1.82, 2.24) is 5.32 Å². The van der Waals surface area contributed by atoms with E-state index < -0.39 is 0 Å². The smallest absolute Gasteiger partial charge is 0.145 e. The highest BCUT2D eigenvalue weighted by Crippen LogP contribution is 2.20. The Balaban J connectivity index is 2.75. The number of hydrogen-bond acceptors (Lipinski definition) is 1. The van der Waals surface area contributed by atoms with Crippen molar-refractivity contribution in [2.45, 2.75) is 45.6 Å². The van der Waals surface area contributed by atoms with E-state index in [2.05, 4.69) is 25.7 Å². The summed E-state index contributed by atoms with van der Waals surface area (Å²) in [6.45, 7) is 9.20. The molecule has 1 N–H and O–H groups in total. The van der Waals surface area contributed by atoms with E-state index in [1.165, 1.54) is 5.57 Å². The normalized spacial score (nSPS) is 12.4. The van der Waals surface area contributed by atoms with Crippen molar-refractivity contribution < 1.29 is 4.39 Å². The third-order valence-electron chi connectivity index (χ3n) is 3.22. The van der Waals surface area contributed by atoms with Gasteiger partial charge < -0.3 is 5.32 Å². The van der Waals surface area contributed by atoms with E-state index in [1.54, 1.807) is 18.2 Å². The largest absolute Gasteiger partial charge is 0.313 e. The van der Waals surface area contributed by atoms with Gasteiger partial charge in [0.05, 0.1) is 5.02 Å². The Hall–Kier alpha value is -0.860. The maximum atomic E-state index is 13.9. The van der Waals surface area contributed by atoms with Gasteiger partial charge in [-0.15, -0.1) is 0 Å². The minimum Gasteiger partial charge on any atom is -0.313 e. The molecule has 3 heteroatoms. The topological polar surface area (TPSA) is 12.0 Å². The van der Waals surface area contributed by atoms with Gasteiger partial charge in [0.2, 0.25) is 0 Å². The summed E-state index contributed by atoms with van der Waals surface area (Å²) in [5.41, 5.74) is 1.86. The van der Waals surface area contributed by atoms with E-state index in [1.807, 2.05) is 0 Å². The summed E-state index contributed by atoms with van der Waals surface area (Å²) in [6.07, 6.45) is 3.54. The fourth-order valence-electron chi connectivity index (χ4n) is 2.03. The van der Waals surface area contributed by atoms with Crippen LogP contribution in [0.1, 0.15) is 38.7 Å². The molecule has 0 aliphatic heterocycles. The van der Waals surface area contributed by atoms with Crippen molar-refractivity contribution >= 4 is 11.6 Å². The van der Waals surface area contributed by atoms with Crippen LogP contribution in [-0.4, -0.2) is 12.6 Å². The lowest BCUT2D eigenvalue weighted by Gasteiger charge is -2.20. The van der Waals surface area contributed by atoms with Crippen LogP contribution in [0.25, 0.3) is 0 Å². The lowest BCUT2D eigenvalue weighted by atomic mass is 9.98. The standard InChI is InChI=1S/C16H23ClFN/c1-4-9-19-14(10-12(3)5-2)11-13-7-6-8-15(17)16(13)18/h6-8,14,19H,3-5,9-11H2,1-2H3. The van der Waals surface area contributed by atoms with Gasteiger partial charge in [0.1, 0.15) is 5.82 Å². The number of halogens is 2. The maximum absolute atomic E-state index is 13.9. The Morgan fingerprint density at radius 1 is 1.42 bits per heavy atom. The lowest BCUT2D eigenvalue weighted by Crippen LogP contribution is -2.32. The minimum absolute atomic E-state index is 0.195. The molecule has 1 nitrogen and oxygen atoms in total. The summed E-state index contributed by atoms with van der Waals surface area (Å²) in [7, 11) is 0. The highest BCUT2D eigenvalue weighted by molar-refractivity contribution is 6.30. The molecule has 19 heavy (non-hydrogen) atoms. The molecule has 0 aliphatic rings. The fraction of sp³-hybridized carbons (Fsp3) is 0.500. The third kappa shape index (κ3) is 5.33. The molecule has 0 saturated heterocycles. The molecule has 1 atom stereocenters. The molecule has 0 saturated carbocycles. The number of benzene rings is 1. The fourth-order valence-corrected chi connectivity index (χ4v) is 2.22. The van der Waals surface area contributed by atoms with Crippen molar-refractivity contribution in [2.24, 2.45) is 0 Å². The molecule has 106 valence electrons. The van der Waals surface area contributed by atoms with Crippen molar-refractivity contribution in [3.63, 3.8) is 0 Å². The van der Waals surface area contributed by atoms with Crippen molar-refractivity contribution in [2.75, 3.05) is 6.54 Å². The predicted octanol–water partition coefficient (Wildman–Crippen LogP) is 4.75. The monoisotopic (exact) mass is 283 g/mol. The van der Waals surface area contributed by atoms with Crippen molar-refractivity contribution in [3.8, 4) is 0 Å². The summed E-state index contributed by atoms with van der Waals surface area (Å²) in [5, 5.41) is 3.65. The molecule has 0 bridgehead atoms. The zero-order valence-electron chi connectivity index (χ0n) is 11.8. The molecule has 1 rings (SSSR count). The van der Waals surface area contributed by atoms with Gasteiger partial charge in [-0.05, 0) is 43.9 Å². The lowest BCUT2D eigenvalue weighted by molar-refractivity contribution is 0.488. The quantitative estimate of drug-likeness (QED) is 0.679. The predicted molar refractivity (Wildman–Crippen MR) is 81.2 cm³/mol. The molecular formula is C16H23ClFN. The second-order valence-electron chi connectivity index (χ2n) is 4.88. The summed E-state index contributed by atoms with van der Waals surface area (Å²) in [4.78, 5) is 0. The van der Waals surface area contributed by atoms with Gasteiger partial charge in [-0.2, -0.15) is 0 Å². The zero-order chi connectivity index (χ0) is 14.3. The molecule has 0 amide bonds. The molecule has 0 fully saturated rings. The maximum Gasteiger partial charge on any atom is 0.145 e. The summed E-state index contributed by atoms with van der Waals surface area (Å²) in [6, 6.07) is 5.41. The Morgan fingerprint density at radius 2 is 2.16 bits per heavy atom. The van der Waals surface area contributed by atoms with Gasteiger partial charge in [0.25, 0.3) is 0 Å². The first-order chi connectivity index (χ1) is 9.08. The molecular weight excluding hydrogens is 261 g/mol. The van der Waals surface area contributed by atoms with Crippen molar-refractivity contribution in [3.05, 3.63) is 46.8 Å². The van der Waals surface area contributed by atoms with Crippen LogP contribution in [0.3, 0.4) is 0 Å². The van der Waals surface area contributed by atoms with E-state index in [9.17, 15) is 4.39 Å². The van der Waals surface area contributed by atoms with E-state index in [0.717, 1.165) is 25.8 Å². The van der Waals surface area contributed by atoms with Crippen LogP contribution < -0.4 is 5.32 Å². The Morgan fingerprint density at radius 3 is 2.79 bits per heavy atom. The number of hydrogen-bond donors (Lipinski definition) is 1. The van der Waals surface area contributed by atoms with Gasteiger partial charge in [-0.1, -0.05) is 49.7 Å². The van der Waals surface area contributed by atoms with Crippen LogP contribution >= 0.6 is 11.6 Å². The Labute approximate surface area is 120 Å². The molecule has 0 aliphatic carbocycles. The first-order valence-electron chi connectivity index (χ1n) is 6.91. The van der Waals surface area contributed by atoms with Gasteiger partial charge in [-0.25, -0.2) is 4.39 Å². The summed E-state index contributed by atoms with van der Waals surface area (Å²) < 4.78 is 13.9. The molecule has 0 spiro atoms. The number of rotatable bonds is 8. The van der Waals surface area contributed by atoms with Gasteiger partial charge in [0.15, 0.2) is 0 Å². The first kappa shape index (κ1) is 16.2. The van der Waals surface area contributed by atoms with Crippen LogP contribution in [0.2, 0.25) is 5.02 Å². The molecule has 1 aromatic rings. The minimum atomic E-state index is -0.297. The van der Waals surface area contributed by atoms with E-state index in [4.69, 9.17) is 11.6 Å². The van der Waals surface area contributed by atoms with Crippen LogP contribution in [0, 0.1) is 5.82 Å². The van der Waals surface area contributed by atoms with Crippen LogP contribution in [0.4, 0.5) is 4.39 Å². The molecule has 1 unspecified atom stereocenters. The highest BCUT2D eigenvalue weighted by Gasteiger charge is 2.14. The second-order valence-corrected chi connectivity index (χ2v) is 5.28. The summed E-state index contributed by atoms with van der Waals surface area (Å²) >= 11 is 5.82. The van der Waals surface area contributed by atoms with Gasteiger partial charge >= 0.3 is 0 Å². The van der Waals surface area contributed by atoms with E-state index in [-0.39, 0.29) is 16.9 Å². The second kappa shape index (κ2) is 8.34. The molecule has 0 radical (unpaired) electrons. The average molecular weight is 284 g/mol. The molecule has 1 aromatic carbocycles. The zero-order valence-corrected chi connectivity index (χ0v) is 12.6. The van der Waals surface area contributed by atoms with Crippen LogP contribution in [0.5, 0.6) is 0 Å². The Kier molecular flexibility index (Phi) is 7.11. The molecule has 0 heterocycles. The SMILES string of the molecule is C=C(CC)CC(Cc1cccc(Cl)c1F)NCCC. The molecule has 0 aromatic heterocycles. The first-order valence-corrected chi connectivity index (χ1v) is 7.29. The van der Waals surface area contributed by atoms with E-state index in [0.29, 0.717) is 12.0 Å². The van der Waals surface area contributed by atoms with Crippen LogP contribution in [-0.2, 0) is 6.42 Å². The third-order valence-corrected chi connectivity index (χ3v) is 3.51. The number of nitrogens with one attached hydrogen (secondary N) is 1. The Bertz CT molecular complexity index is 417. The van der Waals surface area contributed by atoms with Gasteiger partial charge in [0, 0.05) is 6.04 Å². The highest BCUT2D eigenvalue weighted by atomic mass is 35.5.